The van der Waals surface area contributed by atoms with Crippen molar-refractivity contribution in [3.05, 3.63) is 46.8 Å². The van der Waals surface area contributed by atoms with E-state index >= 15 is 0 Å². The molecule has 0 saturated carbocycles. The Hall–Kier alpha value is -2.45. The lowest BCUT2D eigenvalue weighted by Crippen LogP contribution is -2.30. The van der Waals surface area contributed by atoms with Crippen molar-refractivity contribution in [1.82, 2.24) is 9.69 Å². The summed E-state index contributed by atoms with van der Waals surface area (Å²) < 4.78 is 5.08. The van der Waals surface area contributed by atoms with Gasteiger partial charge < -0.3 is 15.7 Å². The highest BCUT2D eigenvalue weighted by atomic mass is 32.1. The van der Waals surface area contributed by atoms with Gasteiger partial charge in [0.2, 0.25) is 5.91 Å². The Morgan fingerprint density at radius 2 is 2.17 bits per heavy atom. The van der Waals surface area contributed by atoms with Crippen LogP contribution in [0.5, 0.6) is 0 Å². The summed E-state index contributed by atoms with van der Waals surface area (Å²) in [5.74, 6) is -0.251. The number of hydrogen-bond acceptors (Lipinski definition) is 5. The molecule has 0 bridgehead atoms. The van der Waals surface area contributed by atoms with Gasteiger partial charge in [0, 0.05) is 17.3 Å². The molecule has 3 aromatic rings. The zero-order valence-electron chi connectivity index (χ0n) is 11.9. The fraction of sp³-hybridized carbons (Fsp3) is 0.133. The second-order valence-electron chi connectivity index (χ2n) is 4.89. The number of anilines is 1. The van der Waals surface area contributed by atoms with Crippen LogP contribution in [0.25, 0.3) is 10.1 Å². The standard InChI is InChI=1S/C15H13N3O3S2/c19-14(6-12(18-15(20)21)10-3-4-22-8-10)17-11-2-1-9-7-16-23-13(9)5-11/h1-5,7-8,12,18H,6H2,(H,17,19)(H,20,21). The second kappa shape index (κ2) is 6.76. The van der Waals surface area contributed by atoms with Gasteiger partial charge in [0.05, 0.1) is 17.2 Å². The largest absolute Gasteiger partial charge is 0.465 e. The number of carbonyl (C=O) groups excluding carboxylic acids is 1. The number of aromatic nitrogens is 1. The molecule has 0 aliphatic rings. The van der Waals surface area contributed by atoms with Crippen LogP contribution in [0.3, 0.4) is 0 Å². The first-order valence-corrected chi connectivity index (χ1v) is 8.49. The molecule has 0 spiro atoms. The number of fused-ring (bicyclic) bond motifs is 1. The third-order valence-corrected chi connectivity index (χ3v) is 4.74. The van der Waals surface area contributed by atoms with Gasteiger partial charge in [-0.1, -0.05) is 0 Å². The van der Waals surface area contributed by atoms with Gasteiger partial charge in [-0.15, -0.1) is 0 Å². The lowest BCUT2D eigenvalue weighted by Gasteiger charge is -2.15. The minimum Gasteiger partial charge on any atom is -0.465 e. The smallest absolute Gasteiger partial charge is 0.405 e. The van der Waals surface area contributed by atoms with Gasteiger partial charge in [-0.2, -0.15) is 15.7 Å². The third-order valence-electron chi connectivity index (χ3n) is 3.27. The summed E-state index contributed by atoms with van der Waals surface area (Å²) in [6.07, 6.45) is 0.652. The summed E-state index contributed by atoms with van der Waals surface area (Å²) in [4.78, 5) is 23.1. The molecular formula is C15H13N3O3S2. The molecule has 3 rings (SSSR count). The van der Waals surface area contributed by atoms with Gasteiger partial charge in [-0.05, 0) is 52.1 Å². The van der Waals surface area contributed by atoms with Crippen LogP contribution in [0.15, 0.2) is 41.2 Å². The molecule has 0 saturated heterocycles. The number of thiophene rings is 1. The maximum atomic E-state index is 12.2. The summed E-state index contributed by atoms with van der Waals surface area (Å²) in [7, 11) is 0. The zero-order chi connectivity index (χ0) is 16.2. The van der Waals surface area contributed by atoms with E-state index in [1.54, 1.807) is 12.3 Å². The summed E-state index contributed by atoms with van der Waals surface area (Å²) >= 11 is 2.82. The number of carboxylic acid groups (broad SMARTS) is 1. The van der Waals surface area contributed by atoms with Gasteiger partial charge in [0.1, 0.15) is 0 Å². The van der Waals surface area contributed by atoms with Crippen LogP contribution in [0, 0.1) is 0 Å². The van der Waals surface area contributed by atoms with Crippen LogP contribution >= 0.6 is 22.9 Å². The highest BCUT2D eigenvalue weighted by Gasteiger charge is 2.18. The summed E-state index contributed by atoms with van der Waals surface area (Å²) in [5.41, 5.74) is 1.46. The number of nitrogens with one attached hydrogen (secondary N) is 2. The first-order chi connectivity index (χ1) is 11.1. The molecular weight excluding hydrogens is 334 g/mol. The van der Waals surface area contributed by atoms with Gasteiger partial charge in [-0.25, -0.2) is 4.79 Å². The molecule has 1 unspecified atom stereocenters. The molecule has 1 aromatic carbocycles. The molecule has 0 fully saturated rings. The van der Waals surface area contributed by atoms with E-state index in [0.29, 0.717) is 5.69 Å². The molecule has 118 valence electrons. The summed E-state index contributed by atoms with van der Waals surface area (Å²) in [5, 5.41) is 18.8. The van der Waals surface area contributed by atoms with Gasteiger partial charge in [0.25, 0.3) is 0 Å². The highest BCUT2D eigenvalue weighted by molar-refractivity contribution is 7.13. The van der Waals surface area contributed by atoms with E-state index in [2.05, 4.69) is 15.0 Å². The van der Waals surface area contributed by atoms with Crippen molar-refractivity contribution in [1.29, 1.82) is 0 Å². The predicted octanol–water partition coefficient (Wildman–Crippen LogP) is 3.70. The molecule has 0 aliphatic carbocycles. The van der Waals surface area contributed by atoms with Crippen molar-refractivity contribution in [2.75, 3.05) is 5.32 Å². The lowest BCUT2D eigenvalue weighted by molar-refractivity contribution is -0.116. The SMILES string of the molecule is O=C(O)NC(CC(=O)Nc1ccc2cnsc2c1)c1ccsc1. The highest BCUT2D eigenvalue weighted by Crippen LogP contribution is 2.24. The third kappa shape index (κ3) is 3.85. The Morgan fingerprint density at radius 3 is 2.91 bits per heavy atom. The first-order valence-electron chi connectivity index (χ1n) is 6.77. The molecule has 6 nitrogen and oxygen atoms in total. The molecule has 2 amide bonds. The zero-order valence-corrected chi connectivity index (χ0v) is 13.5. The Labute approximate surface area is 139 Å². The Balaban J connectivity index is 1.69. The Kier molecular flexibility index (Phi) is 4.54. The lowest BCUT2D eigenvalue weighted by atomic mass is 10.1. The number of rotatable bonds is 5. The number of nitrogens with zero attached hydrogens (tertiary/aromatic N) is 1. The fourth-order valence-electron chi connectivity index (χ4n) is 2.21. The van der Waals surface area contributed by atoms with Gasteiger partial charge >= 0.3 is 6.09 Å². The fourth-order valence-corrected chi connectivity index (χ4v) is 3.61. The maximum absolute atomic E-state index is 12.2. The van der Waals surface area contributed by atoms with E-state index in [1.807, 2.05) is 29.0 Å². The minimum absolute atomic E-state index is 0.0315. The van der Waals surface area contributed by atoms with Crippen LogP contribution in [-0.2, 0) is 4.79 Å². The minimum atomic E-state index is -1.15. The van der Waals surface area contributed by atoms with Crippen molar-refractivity contribution < 1.29 is 14.7 Å². The first kappa shape index (κ1) is 15.4. The van der Waals surface area contributed by atoms with E-state index in [4.69, 9.17) is 5.11 Å². The topological polar surface area (TPSA) is 91.3 Å². The monoisotopic (exact) mass is 347 g/mol. The molecule has 2 aromatic heterocycles. The van der Waals surface area contributed by atoms with E-state index < -0.39 is 12.1 Å². The quantitative estimate of drug-likeness (QED) is 0.656. The molecule has 0 radical (unpaired) electrons. The van der Waals surface area contributed by atoms with E-state index in [1.165, 1.54) is 22.9 Å². The number of amides is 2. The van der Waals surface area contributed by atoms with Gasteiger partial charge in [-0.3, -0.25) is 4.79 Å². The Morgan fingerprint density at radius 1 is 1.30 bits per heavy atom. The van der Waals surface area contributed by atoms with E-state index in [0.717, 1.165) is 15.6 Å². The molecule has 2 heterocycles. The normalized spacial score (nSPS) is 12.0. The van der Waals surface area contributed by atoms with Crippen LogP contribution in [-0.4, -0.2) is 21.5 Å². The van der Waals surface area contributed by atoms with Crippen molar-refractivity contribution in [2.45, 2.75) is 12.5 Å². The molecule has 23 heavy (non-hydrogen) atoms. The predicted molar refractivity (Wildman–Crippen MR) is 91.1 cm³/mol. The van der Waals surface area contributed by atoms with Gasteiger partial charge in [0.15, 0.2) is 0 Å². The molecule has 1 atom stereocenters. The van der Waals surface area contributed by atoms with E-state index in [9.17, 15) is 9.59 Å². The van der Waals surface area contributed by atoms with Crippen molar-refractivity contribution in [2.24, 2.45) is 0 Å². The van der Waals surface area contributed by atoms with Crippen molar-refractivity contribution in [3.8, 4) is 0 Å². The van der Waals surface area contributed by atoms with Crippen LogP contribution in [0.4, 0.5) is 10.5 Å². The Bertz CT molecular complexity index is 829. The molecule has 0 aliphatic heterocycles. The van der Waals surface area contributed by atoms with Crippen LogP contribution < -0.4 is 10.6 Å². The average molecular weight is 347 g/mol. The van der Waals surface area contributed by atoms with Crippen molar-refractivity contribution in [3.63, 3.8) is 0 Å². The number of benzene rings is 1. The van der Waals surface area contributed by atoms with Crippen LogP contribution in [0.2, 0.25) is 0 Å². The van der Waals surface area contributed by atoms with Crippen molar-refractivity contribution >= 4 is 50.6 Å². The van der Waals surface area contributed by atoms with E-state index in [-0.39, 0.29) is 12.3 Å². The van der Waals surface area contributed by atoms with Crippen LogP contribution in [0.1, 0.15) is 18.0 Å². The number of hydrogen-bond donors (Lipinski definition) is 3. The maximum Gasteiger partial charge on any atom is 0.405 e. The summed E-state index contributed by atoms with van der Waals surface area (Å²) in [6.45, 7) is 0. The molecule has 8 heteroatoms. The second-order valence-corrected chi connectivity index (χ2v) is 6.50. The summed E-state index contributed by atoms with van der Waals surface area (Å²) in [6, 6.07) is 6.79. The molecule has 3 N–H and O–H groups in total. The number of carbonyl (C=O) groups is 2. The average Bonchev–Trinajstić information content (AvgIpc) is 3.17.